The maximum absolute atomic E-state index is 13.8. The van der Waals surface area contributed by atoms with Gasteiger partial charge in [0.1, 0.15) is 24.2 Å². The Balaban J connectivity index is 2.23. The predicted molar refractivity (Wildman–Crippen MR) is 220 cm³/mol. The van der Waals surface area contributed by atoms with Gasteiger partial charge in [0.2, 0.25) is 23.6 Å². The van der Waals surface area contributed by atoms with Crippen LogP contribution in [0, 0.1) is 5.92 Å². The normalized spacial score (nSPS) is 14.1. The van der Waals surface area contributed by atoms with Gasteiger partial charge in [-0.2, -0.15) is 0 Å². The van der Waals surface area contributed by atoms with E-state index in [9.17, 15) is 33.9 Å². The number of ether oxygens (including phenoxy) is 1. The van der Waals surface area contributed by atoms with Crippen LogP contribution in [0.15, 0.2) is 54.6 Å². The molecule has 316 valence electrons. The first-order valence-corrected chi connectivity index (χ1v) is 20.0. The fourth-order valence-electron chi connectivity index (χ4n) is 6.16. The Morgan fingerprint density at radius 3 is 1.81 bits per heavy atom. The molecule has 2 aromatic rings. The van der Waals surface area contributed by atoms with E-state index in [-0.39, 0.29) is 30.6 Å². The molecule has 0 aliphatic carbocycles. The third kappa shape index (κ3) is 16.7. The number of hydrogen-bond acceptors (Lipinski definition) is 9. The van der Waals surface area contributed by atoms with E-state index in [0.717, 1.165) is 44.3 Å². The second-order valence-electron chi connectivity index (χ2n) is 15.8. The largest absolute Gasteiger partial charge is 0.467 e. The zero-order valence-electron chi connectivity index (χ0n) is 35.3. The SMILES string of the molecule is CCN(CC)CCCC[C@H](NC(=O)C(CC(C)C)NC(=O)[C@H](C)NC(=O)C(Cc1ccccc1)NC(=O)c1ccc(C(C)(C)C)cc1)C(=O)NC(CO)C(=O)OC. The second kappa shape index (κ2) is 24.1. The van der Waals surface area contributed by atoms with Crippen LogP contribution in [0.5, 0.6) is 0 Å². The molecule has 0 fully saturated rings. The minimum Gasteiger partial charge on any atom is -0.467 e. The van der Waals surface area contributed by atoms with Crippen molar-refractivity contribution in [2.24, 2.45) is 5.92 Å². The van der Waals surface area contributed by atoms with Gasteiger partial charge in [0.05, 0.1) is 13.7 Å². The molecule has 0 saturated heterocycles. The zero-order valence-corrected chi connectivity index (χ0v) is 35.3. The highest BCUT2D eigenvalue weighted by Crippen LogP contribution is 2.22. The number of nitrogens with one attached hydrogen (secondary N) is 5. The fourth-order valence-corrected chi connectivity index (χ4v) is 6.16. The summed E-state index contributed by atoms with van der Waals surface area (Å²) in [6.07, 6.45) is 1.94. The highest BCUT2D eigenvalue weighted by Gasteiger charge is 2.32. The Kier molecular flexibility index (Phi) is 20.4. The number of unbranched alkanes of at least 4 members (excludes halogenated alkanes) is 1. The number of esters is 1. The van der Waals surface area contributed by atoms with Crippen LogP contribution < -0.4 is 26.6 Å². The Morgan fingerprint density at radius 1 is 0.702 bits per heavy atom. The lowest BCUT2D eigenvalue weighted by atomic mass is 9.86. The summed E-state index contributed by atoms with van der Waals surface area (Å²) < 4.78 is 4.68. The standard InChI is InChI=1S/C43H66N6O8/c1-10-49(11-2)24-16-15-19-33(39(53)48-36(27-50)42(56)57-9)45-41(55)34(25-28(3)4)46-37(51)29(5)44-40(54)35(26-30-17-13-12-14-18-30)47-38(52)31-20-22-32(23-21-31)43(6,7)8/h12-14,17-18,20-23,28-29,33-36,50H,10-11,15-16,19,24-27H2,1-9H3,(H,44,54)(H,45,55)(H,46,51)(H,47,52)(H,48,53)/t29-,33-,34?,35?,36?/m0/s1. The molecule has 0 aromatic heterocycles. The van der Waals surface area contributed by atoms with Crippen molar-refractivity contribution in [1.29, 1.82) is 0 Å². The molecule has 5 atom stereocenters. The molecule has 14 nitrogen and oxygen atoms in total. The van der Waals surface area contributed by atoms with E-state index < -0.39 is 72.3 Å². The monoisotopic (exact) mass is 794 g/mol. The van der Waals surface area contributed by atoms with Gasteiger partial charge in [0.15, 0.2) is 6.04 Å². The molecule has 6 N–H and O–H groups in total. The first-order chi connectivity index (χ1) is 26.9. The molecule has 5 amide bonds. The molecule has 0 spiro atoms. The average Bonchev–Trinajstić information content (AvgIpc) is 3.18. The molecule has 0 saturated carbocycles. The summed E-state index contributed by atoms with van der Waals surface area (Å²) >= 11 is 0. The molecule has 3 unspecified atom stereocenters. The number of aliphatic hydroxyl groups is 1. The summed E-state index contributed by atoms with van der Waals surface area (Å²) in [6.45, 7) is 17.4. The van der Waals surface area contributed by atoms with Crippen molar-refractivity contribution in [2.45, 2.75) is 123 Å². The highest BCUT2D eigenvalue weighted by molar-refractivity contribution is 5.99. The van der Waals surface area contributed by atoms with E-state index in [2.05, 4.69) is 70.8 Å². The van der Waals surface area contributed by atoms with Gasteiger partial charge in [0.25, 0.3) is 5.91 Å². The van der Waals surface area contributed by atoms with Gasteiger partial charge in [-0.15, -0.1) is 0 Å². The lowest BCUT2D eigenvalue weighted by Crippen LogP contribution is -2.59. The summed E-state index contributed by atoms with van der Waals surface area (Å²) in [6, 6.07) is 10.8. The highest BCUT2D eigenvalue weighted by atomic mass is 16.5. The molecule has 14 heteroatoms. The number of hydrogen-bond donors (Lipinski definition) is 6. The van der Waals surface area contributed by atoms with Gasteiger partial charge in [0, 0.05) is 12.0 Å². The van der Waals surface area contributed by atoms with Crippen molar-refractivity contribution in [3.05, 3.63) is 71.3 Å². The van der Waals surface area contributed by atoms with Crippen molar-refractivity contribution in [3.8, 4) is 0 Å². The molecule has 0 bridgehead atoms. The van der Waals surface area contributed by atoms with Crippen molar-refractivity contribution in [2.75, 3.05) is 33.4 Å². The van der Waals surface area contributed by atoms with Gasteiger partial charge in [-0.1, -0.05) is 90.9 Å². The van der Waals surface area contributed by atoms with Gasteiger partial charge in [-0.05, 0) is 86.8 Å². The molecule has 2 rings (SSSR count). The molecule has 0 aliphatic rings. The van der Waals surface area contributed by atoms with Gasteiger partial charge < -0.3 is 41.3 Å². The fraction of sp³-hybridized carbons (Fsp3) is 0.581. The number of carbonyl (C=O) groups is 6. The predicted octanol–water partition coefficient (Wildman–Crippen LogP) is 3.01. The maximum atomic E-state index is 13.8. The number of aliphatic hydroxyl groups excluding tert-OH is 1. The number of carbonyl (C=O) groups excluding carboxylic acids is 6. The van der Waals surface area contributed by atoms with Crippen molar-refractivity contribution in [3.63, 3.8) is 0 Å². The van der Waals surface area contributed by atoms with E-state index >= 15 is 0 Å². The van der Waals surface area contributed by atoms with Crippen LogP contribution in [0.4, 0.5) is 0 Å². The summed E-state index contributed by atoms with van der Waals surface area (Å²) in [5, 5.41) is 23.2. The Bertz CT molecular complexity index is 1590. The number of amides is 5. The molecule has 0 radical (unpaired) electrons. The van der Waals surface area contributed by atoms with Crippen LogP contribution in [0.1, 0.15) is 103 Å². The van der Waals surface area contributed by atoms with Gasteiger partial charge in [-0.3, -0.25) is 24.0 Å². The van der Waals surface area contributed by atoms with E-state index in [4.69, 9.17) is 0 Å². The number of nitrogens with zero attached hydrogens (tertiary/aromatic N) is 1. The van der Waals surface area contributed by atoms with Crippen LogP contribution in [0.2, 0.25) is 0 Å². The van der Waals surface area contributed by atoms with Crippen LogP contribution in [-0.4, -0.2) is 109 Å². The third-order valence-corrected chi connectivity index (χ3v) is 9.74. The van der Waals surface area contributed by atoms with Gasteiger partial charge >= 0.3 is 5.97 Å². The molecule has 0 heterocycles. The van der Waals surface area contributed by atoms with Crippen molar-refractivity contribution >= 4 is 35.5 Å². The number of methoxy groups -OCH3 is 1. The molecule has 2 aromatic carbocycles. The van der Waals surface area contributed by atoms with Gasteiger partial charge in [-0.25, -0.2) is 4.79 Å². The smallest absolute Gasteiger partial charge is 0.330 e. The number of benzene rings is 2. The quantitative estimate of drug-likeness (QED) is 0.0725. The first-order valence-electron chi connectivity index (χ1n) is 20.0. The molecular weight excluding hydrogens is 729 g/mol. The Labute approximate surface area is 338 Å². The van der Waals surface area contributed by atoms with E-state index in [1.165, 1.54) is 6.92 Å². The first kappa shape index (κ1) is 48.3. The third-order valence-electron chi connectivity index (χ3n) is 9.74. The molecular formula is C43H66N6O8. The van der Waals surface area contributed by atoms with Crippen LogP contribution >= 0.6 is 0 Å². The Morgan fingerprint density at radius 2 is 1.26 bits per heavy atom. The van der Waals surface area contributed by atoms with E-state index in [0.29, 0.717) is 12.0 Å². The van der Waals surface area contributed by atoms with Crippen molar-refractivity contribution in [1.82, 2.24) is 31.5 Å². The lowest BCUT2D eigenvalue weighted by Gasteiger charge is -2.27. The zero-order chi connectivity index (χ0) is 42.7. The topological polar surface area (TPSA) is 195 Å². The minimum absolute atomic E-state index is 0.0479. The Hall–Kier alpha value is -4.82. The van der Waals surface area contributed by atoms with Crippen LogP contribution in [0.3, 0.4) is 0 Å². The molecule has 0 aliphatic heterocycles. The van der Waals surface area contributed by atoms with Crippen LogP contribution in [0.25, 0.3) is 0 Å². The summed E-state index contributed by atoms with van der Waals surface area (Å²) in [4.78, 5) is 82.3. The minimum atomic E-state index is -1.32. The molecule has 57 heavy (non-hydrogen) atoms. The summed E-state index contributed by atoms with van der Waals surface area (Å²) in [5.74, 6) is -3.85. The van der Waals surface area contributed by atoms with E-state index in [1.54, 1.807) is 12.1 Å². The second-order valence-corrected chi connectivity index (χ2v) is 15.8. The van der Waals surface area contributed by atoms with E-state index in [1.807, 2.05) is 56.3 Å². The summed E-state index contributed by atoms with van der Waals surface area (Å²) in [5.41, 5.74) is 2.14. The maximum Gasteiger partial charge on any atom is 0.330 e. The average molecular weight is 795 g/mol. The summed E-state index contributed by atoms with van der Waals surface area (Å²) in [7, 11) is 1.14. The lowest BCUT2D eigenvalue weighted by molar-refractivity contribution is -0.146. The number of rotatable bonds is 23. The van der Waals surface area contributed by atoms with Crippen LogP contribution in [-0.2, 0) is 40.5 Å². The van der Waals surface area contributed by atoms with Crippen molar-refractivity contribution < 1.29 is 38.6 Å².